The maximum Gasteiger partial charge on any atom is 0.304 e. The minimum atomic E-state index is -0.776. The Balaban J connectivity index is 2.24. The Morgan fingerprint density at radius 3 is 2.35 bits per heavy atom. The average Bonchev–Trinajstić information content (AvgIpc) is 2.99. The molecule has 2 N–H and O–H groups in total. The molecule has 0 aromatic heterocycles. The van der Waals surface area contributed by atoms with E-state index < -0.39 is 5.97 Å². The zero-order chi connectivity index (χ0) is 12.8. The minimum Gasteiger partial charge on any atom is -0.481 e. The van der Waals surface area contributed by atoms with Crippen LogP contribution in [-0.4, -0.2) is 47.1 Å². The van der Waals surface area contributed by atoms with Gasteiger partial charge in [0.1, 0.15) is 0 Å². The summed E-state index contributed by atoms with van der Waals surface area (Å²) in [4.78, 5) is 24.1. The van der Waals surface area contributed by atoms with E-state index in [0.29, 0.717) is 25.6 Å². The summed E-state index contributed by atoms with van der Waals surface area (Å²) >= 11 is 0. The molecule has 17 heavy (non-hydrogen) atoms. The molecular weight excluding hydrogens is 220 g/mol. The van der Waals surface area contributed by atoms with Crippen LogP contribution in [0.15, 0.2) is 0 Å². The highest BCUT2D eigenvalue weighted by molar-refractivity contribution is 5.76. The first-order chi connectivity index (χ1) is 7.99. The number of carbonyl (C=O) groups excluding carboxylic acids is 1. The van der Waals surface area contributed by atoms with Crippen LogP contribution in [0, 0.1) is 0 Å². The molecule has 5 nitrogen and oxygen atoms in total. The molecule has 0 heterocycles. The van der Waals surface area contributed by atoms with Gasteiger partial charge < -0.3 is 10.4 Å². The van der Waals surface area contributed by atoms with Gasteiger partial charge in [-0.05, 0) is 26.7 Å². The number of nitrogens with one attached hydrogen (secondary N) is 1. The largest absolute Gasteiger partial charge is 0.481 e. The van der Waals surface area contributed by atoms with Gasteiger partial charge >= 0.3 is 5.97 Å². The van der Waals surface area contributed by atoms with E-state index in [1.54, 1.807) is 0 Å². The molecule has 1 amide bonds. The predicted octanol–water partition coefficient (Wildman–Crippen LogP) is 0.840. The van der Waals surface area contributed by atoms with Crippen LogP contribution in [0.3, 0.4) is 0 Å². The zero-order valence-corrected chi connectivity index (χ0v) is 10.6. The smallest absolute Gasteiger partial charge is 0.304 e. The molecule has 0 aromatic rings. The number of carbonyl (C=O) groups is 2. The van der Waals surface area contributed by atoms with Crippen LogP contribution in [0.4, 0.5) is 0 Å². The number of carboxylic acid groups (broad SMARTS) is 1. The summed E-state index contributed by atoms with van der Waals surface area (Å²) in [6.45, 7) is 5.08. The summed E-state index contributed by atoms with van der Waals surface area (Å²) in [6.07, 6.45) is 2.87. The predicted molar refractivity (Wildman–Crippen MR) is 64.7 cm³/mol. The van der Waals surface area contributed by atoms with Crippen molar-refractivity contribution < 1.29 is 14.7 Å². The van der Waals surface area contributed by atoms with Crippen molar-refractivity contribution in [2.24, 2.45) is 0 Å². The molecule has 1 aliphatic carbocycles. The minimum absolute atomic E-state index is 0.0426. The summed E-state index contributed by atoms with van der Waals surface area (Å²) in [5, 5.41) is 11.5. The van der Waals surface area contributed by atoms with Crippen LogP contribution < -0.4 is 5.32 Å². The number of hydrogen-bond donors (Lipinski definition) is 2. The Morgan fingerprint density at radius 2 is 1.88 bits per heavy atom. The first-order valence-corrected chi connectivity index (χ1v) is 6.24. The summed E-state index contributed by atoms with van der Waals surface area (Å²) in [5.74, 6) is -0.733. The molecule has 1 rings (SSSR count). The molecule has 0 radical (unpaired) electrons. The lowest BCUT2D eigenvalue weighted by atomic mass is 10.3. The Kier molecular flexibility index (Phi) is 5.41. The van der Waals surface area contributed by atoms with E-state index in [2.05, 4.69) is 10.2 Å². The second-order valence-corrected chi connectivity index (χ2v) is 4.88. The van der Waals surface area contributed by atoms with Crippen molar-refractivity contribution in [3.05, 3.63) is 0 Å². The third-order valence-corrected chi connectivity index (χ3v) is 2.75. The molecule has 98 valence electrons. The van der Waals surface area contributed by atoms with Crippen molar-refractivity contribution in [1.82, 2.24) is 10.2 Å². The fourth-order valence-corrected chi connectivity index (χ4v) is 1.80. The van der Waals surface area contributed by atoms with E-state index in [1.165, 1.54) is 0 Å². The number of hydrogen-bond acceptors (Lipinski definition) is 3. The molecule has 1 saturated carbocycles. The second-order valence-electron chi connectivity index (χ2n) is 4.88. The summed E-state index contributed by atoms with van der Waals surface area (Å²) in [6, 6.07) is 0.664. The number of aliphatic carboxylic acids is 1. The normalized spacial score (nSPS) is 15.3. The van der Waals surface area contributed by atoms with Crippen LogP contribution in [-0.2, 0) is 9.59 Å². The molecule has 0 spiro atoms. The summed E-state index contributed by atoms with van der Waals surface area (Å²) in [7, 11) is 0. The van der Waals surface area contributed by atoms with E-state index in [0.717, 1.165) is 12.8 Å². The monoisotopic (exact) mass is 242 g/mol. The molecule has 0 atom stereocenters. The fourth-order valence-electron chi connectivity index (χ4n) is 1.80. The molecule has 1 fully saturated rings. The van der Waals surface area contributed by atoms with Gasteiger partial charge in [-0.2, -0.15) is 0 Å². The van der Waals surface area contributed by atoms with Gasteiger partial charge in [-0.25, -0.2) is 0 Å². The van der Waals surface area contributed by atoms with Crippen LogP contribution in [0.5, 0.6) is 0 Å². The molecule has 1 aliphatic rings. The van der Waals surface area contributed by atoms with Crippen molar-refractivity contribution >= 4 is 11.9 Å². The molecule has 0 aromatic carbocycles. The first-order valence-electron chi connectivity index (χ1n) is 6.24. The van der Waals surface area contributed by atoms with E-state index in [1.807, 2.05) is 13.8 Å². The fraction of sp³-hybridized carbons (Fsp3) is 0.833. The molecule has 0 unspecified atom stereocenters. The van der Waals surface area contributed by atoms with Crippen molar-refractivity contribution in [3.63, 3.8) is 0 Å². The Hall–Kier alpha value is -1.10. The van der Waals surface area contributed by atoms with Gasteiger partial charge in [0.2, 0.25) is 5.91 Å². The molecule has 0 bridgehead atoms. The SMILES string of the molecule is CC(C)NC(=O)CCN(CCC(=O)O)C1CC1. The third-order valence-electron chi connectivity index (χ3n) is 2.75. The molecule has 5 heteroatoms. The standard InChI is InChI=1S/C12H22N2O3/c1-9(2)13-11(15)5-7-14(10-3-4-10)8-6-12(16)17/h9-10H,3-8H2,1-2H3,(H,13,15)(H,16,17). The molecule has 0 aliphatic heterocycles. The van der Waals surface area contributed by atoms with Gasteiger partial charge in [0.05, 0.1) is 6.42 Å². The maximum absolute atomic E-state index is 11.5. The lowest BCUT2D eigenvalue weighted by Crippen LogP contribution is -2.35. The second kappa shape index (κ2) is 6.59. The molecule has 0 saturated heterocycles. The summed E-state index contributed by atoms with van der Waals surface area (Å²) in [5.41, 5.74) is 0. The average molecular weight is 242 g/mol. The first kappa shape index (κ1) is 14.0. The Morgan fingerprint density at radius 1 is 1.29 bits per heavy atom. The Bertz CT molecular complexity index is 275. The van der Waals surface area contributed by atoms with Crippen LogP contribution >= 0.6 is 0 Å². The number of rotatable bonds is 8. The van der Waals surface area contributed by atoms with Crippen molar-refractivity contribution in [2.75, 3.05) is 13.1 Å². The third kappa shape index (κ3) is 6.26. The number of nitrogens with zero attached hydrogens (tertiary/aromatic N) is 1. The van der Waals surface area contributed by atoms with E-state index in [9.17, 15) is 9.59 Å². The van der Waals surface area contributed by atoms with Gasteiger partial charge in [-0.15, -0.1) is 0 Å². The van der Waals surface area contributed by atoms with Gasteiger partial charge in [0.15, 0.2) is 0 Å². The number of amides is 1. The van der Waals surface area contributed by atoms with Gasteiger partial charge in [0, 0.05) is 31.6 Å². The highest BCUT2D eigenvalue weighted by atomic mass is 16.4. The van der Waals surface area contributed by atoms with Crippen molar-refractivity contribution in [3.8, 4) is 0 Å². The van der Waals surface area contributed by atoms with Gasteiger partial charge in [-0.1, -0.05) is 0 Å². The highest BCUT2D eigenvalue weighted by Gasteiger charge is 2.29. The zero-order valence-electron chi connectivity index (χ0n) is 10.6. The van der Waals surface area contributed by atoms with Crippen LogP contribution in [0.25, 0.3) is 0 Å². The molecular formula is C12H22N2O3. The van der Waals surface area contributed by atoms with Gasteiger partial charge in [0.25, 0.3) is 0 Å². The van der Waals surface area contributed by atoms with E-state index in [4.69, 9.17) is 5.11 Å². The lowest BCUT2D eigenvalue weighted by Gasteiger charge is -2.21. The Labute approximate surface area is 102 Å². The van der Waals surface area contributed by atoms with Crippen molar-refractivity contribution in [2.45, 2.75) is 51.6 Å². The topological polar surface area (TPSA) is 69.6 Å². The quantitative estimate of drug-likeness (QED) is 0.662. The lowest BCUT2D eigenvalue weighted by molar-refractivity contribution is -0.137. The van der Waals surface area contributed by atoms with Crippen LogP contribution in [0.1, 0.15) is 39.5 Å². The van der Waals surface area contributed by atoms with Crippen molar-refractivity contribution in [1.29, 1.82) is 0 Å². The number of carboxylic acids is 1. The van der Waals surface area contributed by atoms with Crippen LogP contribution in [0.2, 0.25) is 0 Å². The van der Waals surface area contributed by atoms with Gasteiger partial charge in [-0.3, -0.25) is 14.5 Å². The summed E-state index contributed by atoms with van der Waals surface area (Å²) < 4.78 is 0. The van der Waals surface area contributed by atoms with E-state index >= 15 is 0 Å². The highest BCUT2D eigenvalue weighted by Crippen LogP contribution is 2.26. The maximum atomic E-state index is 11.5. The van der Waals surface area contributed by atoms with E-state index in [-0.39, 0.29) is 18.4 Å².